The van der Waals surface area contributed by atoms with E-state index in [0.717, 1.165) is 30.0 Å². The molecule has 0 heterocycles. The lowest BCUT2D eigenvalue weighted by molar-refractivity contribution is -0.118. The number of thioether (sulfide) groups is 1. The summed E-state index contributed by atoms with van der Waals surface area (Å²) < 4.78 is 27.7. The SMILES string of the molecule is CC(C)C(NC(=O)c1c(F)cccc1F)C(=O)Nc1ccc(SC(=O)N(C)C)cc1. The first kappa shape index (κ1) is 23.3. The van der Waals surface area contributed by atoms with Crippen molar-refractivity contribution in [3.05, 3.63) is 59.7 Å². The Labute approximate surface area is 178 Å². The van der Waals surface area contributed by atoms with E-state index in [0.29, 0.717) is 10.6 Å². The van der Waals surface area contributed by atoms with Crippen LogP contribution in [-0.4, -0.2) is 42.1 Å². The Bertz CT molecular complexity index is 913. The minimum atomic E-state index is -1.01. The van der Waals surface area contributed by atoms with E-state index in [1.165, 1.54) is 4.90 Å². The monoisotopic (exact) mass is 435 g/mol. The number of hydrogen-bond donors (Lipinski definition) is 2. The first-order valence-electron chi connectivity index (χ1n) is 9.15. The molecule has 0 aromatic heterocycles. The van der Waals surface area contributed by atoms with Crippen LogP contribution >= 0.6 is 11.8 Å². The fourth-order valence-corrected chi connectivity index (χ4v) is 3.14. The predicted octanol–water partition coefficient (Wildman–Crippen LogP) is 4.13. The maximum Gasteiger partial charge on any atom is 0.285 e. The Hall–Kier alpha value is -2.94. The van der Waals surface area contributed by atoms with E-state index in [1.807, 2.05) is 0 Å². The highest BCUT2D eigenvalue weighted by Gasteiger charge is 2.27. The third kappa shape index (κ3) is 6.03. The maximum atomic E-state index is 13.8. The van der Waals surface area contributed by atoms with Gasteiger partial charge in [-0.1, -0.05) is 19.9 Å². The topological polar surface area (TPSA) is 78.5 Å². The first-order chi connectivity index (χ1) is 14.1. The van der Waals surface area contributed by atoms with Crippen molar-refractivity contribution in [2.24, 2.45) is 5.92 Å². The van der Waals surface area contributed by atoms with Crippen LogP contribution in [0.4, 0.5) is 19.3 Å². The van der Waals surface area contributed by atoms with Gasteiger partial charge in [0, 0.05) is 24.7 Å². The van der Waals surface area contributed by atoms with Crippen LogP contribution in [0.15, 0.2) is 47.4 Å². The molecule has 0 aliphatic carbocycles. The van der Waals surface area contributed by atoms with Crippen LogP contribution in [0.5, 0.6) is 0 Å². The van der Waals surface area contributed by atoms with Crippen LogP contribution in [0.2, 0.25) is 0 Å². The van der Waals surface area contributed by atoms with Gasteiger partial charge in [-0.3, -0.25) is 14.4 Å². The Morgan fingerprint density at radius 1 is 0.967 bits per heavy atom. The lowest BCUT2D eigenvalue weighted by Crippen LogP contribution is -2.47. The molecule has 1 unspecified atom stereocenters. The Morgan fingerprint density at radius 3 is 2.03 bits per heavy atom. The van der Waals surface area contributed by atoms with Gasteiger partial charge in [-0.25, -0.2) is 8.78 Å². The normalized spacial score (nSPS) is 11.7. The number of nitrogens with one attached hydrogen (secondary N) is 2. The van der Waals surface area contributed by atoms with Crippen molar-refractivity contribution in [3.8, 4) is 0 Å². The first-order valence-corrected chi connectivity index (χ1v) is 9.96. The van der Waals surface area contributed by atoms with Gasteiger partial charge in [0.1, 0.15) is 23.2 Å². The van der Waals surface area contributed by atoms with Crippen molar-refractivity contribution in [2.45, 2.75) is 24.8 Å². The Kier molecular flexibility index (Phi) is 7.93. The van der Waals surface area contributed by atoms with Crippen LogP contribution in [0.25, 0.3) is 0 Å². The van der Waals surface area contributed by atoms with E-state index in [-0.39, 0.29) is 11.2 Å². The molecule has 2 rings (SSSR count). The number of halogens is 2. The van der Waals surface area contributed by atoms with Crippen LogP contribution < -0.4 is 10.6 Å². The van der Waals surface area contributed by atoms with Gasteiger partial charge in [0.25, 0.3) is 11.1 Å². The fourth-order valence-electron chi connectivity index (χ4n) is 2.48. The summed E-state index contributed by atoms with van der Waals surface area (Å²) in [5.41, 5.74) is -0.276. The highest BCUT2D eigenvalue weighted by Crippen LogP contribution is 2.23. The van der Waals surface area contributed by atoms with Gasteiger partial charge < -0.3 is 15.5 Å². The minimum Gasteiger partial charge on any atom is -0.340 e. The van der Waals surface area contributed by atoms with Crippen molar-refractivity contribution >= 4 is 34.5 Å². The molecule has 0 saturated carbocycles. The van der Waals surface area contributed by atoms with Gasteiger partial charge in [0.05, 0.1) is 0 Å². The summed E-state index contributed by atoms with van der Waals surface area (Å²) in [5.74, 6) is -3.88. The number of nitrogens with zero attached hydrogens (tertiary/aromatic N) is 1. The number of carbonyl (C=O) groups excluding carboxylic acids is 3. The summed E-state index contributed by atoms with van der Waals surface area (Å²) in [6, 6.07) is 8.70. The number of anilines is 1. The molecule has 0 aliphatic rings. The molecule has 0 fully saturated rings. The molecule has 3 amide bonds. The van der Waals surface area contributed by atoms with Crippen molar-refractivity contribution < 1.29 is 23.2 Å². The van der Waals surface area contributed by atoms with E-state index in [9.17, 15) is 23.2 Å². The van der Waals surface area contributed by atoms with E-state index in [1.54, 1.807) is 52.2 Å². The van der Waals surface area contributed by atoms with Crippen LogP contribution in [0, 0.1) is 17.6 Å². The molecule has 0 spiro atoms. The summed E-state index contributed by atoms with van der Waals surface area (Å²) >= 11 is 1.05. The summed E-state index contributed by atoms with van der Waals surface area (Å²) in [5, 5.41) is 4.94. The lowest BCUT2D eigenvalue weighted by Gasteiger charge is -2.22. The average Bonchev–Trinajstić information content (AvgIpc) is 2.67. The predicted molar refractivity (Wildman–Crippen MR) is 112 cm³/mol. The summed E-state index contributed by atoms with van der Waals surface area (Å²) in [6.07, 6.45) is 0. The van der Waals surface area contributed by atoms with E-state index >= 15 is 0 Å². The van der Waals surface area contributed by atoms with Crippen LogP contribution in [-0.2, 0) is 4.79 Å². The molecule has 9 heteroatoms. The molecular formula is C21H23F2N3O3S. The van der Waals surface area contributed by atoms with Gasteiger partial charge >= 0.3 is 0 Å². The Balaban J connectivity index is 2.09. The third-order valence-corrected chi connectivity index (χ3v) is 5.17. The van der Waals surface area contributed by atoms with Gasteiger partial charge in [0.2, 0.25) is 5.91 Å². The average molecular weight is 435 g/mol. The molecule has 0 aliphatic heterocycles. The maximum absolute atomic E-state index is 13.8. The number of carbonyl (C=O) groups is 3. The van der Waals surface area contributed by atoms with E-state index in [4.69, 9.17) is 0 Å². The van der Waals surface area contributed by atoms with E-state index < -0.39 is 35.1 Å². The largest absolute Gasteiger partial charge is 0.340 e. The number of amides is 3. The molecule has 160 valence electrons. The zero-order valence-corrected chi connectivity index (χ0v) is 17.8. The smallest absolute Gasteiger partial charge is 0.285 e. The minimum absolute atomic E-state index is 0.130. The van der Waals surface area contributed by atoms with Gasteiger partial charge in [0.15, 0.2) is 0 Å². The van der Waals surface area contributed by atoms with Crippen molar-refractivity contribution in [1.82, 2.24) is 10.2 Å². The molecule has 2 aromatic rings. The standard InChI is InChI=1S/C21H23F2N3O3S/c1-12(2)18(25-19(27)17-15(22)6-5-7-16(17)23)20(28)24-13-8-10-14(11-9-13)30-21(29)26(3)4/h5-12,18H,1-4H3,(H,24,28)(H,25,27). The third-order valence-electron chi connectivity index (χ3n) is 4.12. The van der Waals surface area contributed by atoms with Crippen molar-refractivity contribution in [1.29, 1.82) is 0 Å². The van der Waals surface area contributed by atoms with Crippen LogP contribution in [0.3, 0.4) is 0 Å². The van der Waals surface area contributed by atoms with Crippen molar-refractivity contribution in [3.63, 3.8) is 0 Å². The van der Waals surface area contributed by atoms with E-state index in [2.05, 4.69) is 10.6 Å². The van der Waals surface area contributed by atoms with Crippen molar-refractivity contribution in [2.75, 3.05) is 19.4 Å². The molecular weight excluding hydrogens is 412 g/mol. The summed E-state index contributed by atoms with van der Waals surface area (Å²) in [6.45, 7) is 3.41. The molecule has 30 heavy (non-hydrogen) atoms. The van der Waals surface area contributed by atoms with Gasteiger partial charge in [-0.15, -0.1) is 0 Å². The second-order valence-electron chi connectivity index (χ2n) is 7.07. The summed E-state index contributed by atoms with van der Waals surface area (Å²) in [4.78, 5) is 38.9. The number of hydrogen-bond acceptors (Lipinski definition) is 4. The zero-order valence-electron chi connectivity index (χ0n) is 17.0. The molecule has 6 nitrogen and oxygen atoms in total. The second-order valence-corrected chi connectivity index (χ2v) is 8.09. The highest BCUT2D eigenvalue weighted by atomic mass is 32.2. The molecule has 0 saturated heterocycles. The van der Waals surface area contributed by atoms with Gasteiger partial charge in [-0.2, -0.15) is 0 Å². The lowest BCUT2D eigenvalue weighted by atomic mass is 10.0. The Morgan fingerprint density at radius 2 is 1.53 bits per heavy atom. The zero-order chi connectivity index (χ0) is 22.4. The molecule has 0 radical (unpaired) electrons. The fraction of sp³-hybridized carbons (Fsp3) is 0.286. The molecule has 2 N–H and O–H groups in total. The quantitative estimate of drug-likeness (QED) is 0.669. The molecule has 2 aromatic carbocycles. The number of rotatable bonds is 6. The highest BCUT2D eigenvalue weighted by molar-refractivity contribution is 8.13. The molecule has 1 atom stereocenters. The number of benzene rings is 2. The summed E-state index contributed by atoms with van der Waals surface area (Å²) in [7, 11) is 3.30. The van der Waals surface area contributed by atoms with Crippen LogP contribution in [0.1, 0.15) is 24.2 Å². The molecule has 0 bridgehead atoms. The van der Waals surface area contributed by atoms with Gasteiger partial charge in [-0.05, 0) is 54.1 Å². The second kappa shape index (κ2) is 10.2.